The number of aliphatic hydroxyl groups excluding tert-OH is 1. The monoisotopic (exact) mass is 318 g/mol. The molecule has 0 aliphatic heterocycles. The fraction of sp³-hybridized carbons (Fsp3) is 0.417. The van der Waals surface area contributed by atoms with Gasteiger partial charge in [-0.15, -0.1) is 0 Å². The van der Waals surface area contributed by atoms with Gasteiger partial charge in [0.2, 0.25) is 0 Å². The molecule has 0 saturated carbocycles. The second-order valence-electron chi connectivity index (χ2n) is 4.44. The molecule has 2 unspecified atom stereocenters. The molecule has 3 N–H and O–H groups in total. The van der Waals surface area contributed by atoms with Crippen LogP contribution in [-0.2, 0) is 15.0 Å². The molecule has 0 aliphatic rings. The highest BCUT2D eigenvalue weighted by molar-refractivity contribution is 7.87. The Kier molecular flexibility index (Phi) is 5.67. The molecule has 0 bridgehead atoms. The lowest BCUT2D eigenvalue weighted by Gasteiger charge is -2.22. The van der Waals surface area contributed by atoms with Crippen molar-refractivity contribution in [2.45, 2.75) is 12.1 Å². The molecule has 0 aromatic heterocycles. The Balaban J connectivity index is 3.02. The number of carboxylic acids is 1. The topological polar surface area (TPSA) is 116 Å². The van der Waals surface area contributed by atoms with E-state index in [-0.39, 0.29) is 5.56 Å². The zero-order valence-corrected chi connectivity index (χ0v) is 12.7. The number of methoxy groups -OCH3 is 1. The van der Waals surface area contributed by atoms with Crippen molar-refractivity contribution in [3.8, 4) is 5.75 Å². The lowest BCUT2D eigenvalue weighted by Crippen LogP contribution is -2.48. The quantitative estimate of drug-likeness (QED) is 0.628. The van der Waals surface area contributed by atoms with E-state index in [2.05, 4.69) is 0 Å². The van der Waals surface area contributed by atoms with Crippen LogP contribution in [0.2, 0.25) is 0 Å². The third-order valence-electron chi connectivity index (χ3n) is 2.80. The van der Waals surface area contributed by atoms with Crippen LogP contribution in [0.15, 0.2) is 24.3 Å². The van der Waals surface area contributed by atoms with E-state index in [1.165, 1.54) is 45.5 Å². The maximum atomic E-state index is 11.7. The fourth-order valence-corrected chi connectivity index (χ4v) is 2.27. The van der Waals surface area contributed by atoms with Gasteiger partial charge in [0.15, 0.2) is 6.04 Å². The van der Waals surface area contributed by atoms with Crippen molar-refractivity contribution in [1.82, 2.24) is 9.03 Å². The standard InChI is InChI=1S/C12H18N2O6S/c1-14(2)21(18,19)13-10(12(16)17)11(15)8-4-6-9(20-3)7-5-8/h4-7,10-11,13,15H,1-3H3,(H,16,17). The molecule has 118 valence electrons. The number of carboxylic acid groups (broad SMARTS) is 1. The molecule has 0 spiro atoms. The Bertz CT molecular complexity index is 584. The van der Waals surface area contributed by atoms with Gasteiger partial charge < -0.3 is 14.9 Å². The summed E-state index contributed by atoms with van der Waals surface area (Å²) in [5.41, 5.74) is 0.254. The predicted octanol–water partition coefficient (Wildman–Crippen LogP) is -0.422. The van der Waals surface area contributed by atoms with Crippen LogP contribution in [0.3, 0.4) is 0 Å². The summed E-state index contributed by atoms with van der Waals surface area (Å²) >= 11 is 0. The van der Waals surface area contributed by atoms with Crippen molar-refractivity contribution in [2.24, 2.45) is 0 Å². The van der Waals surface area contributed by atoms with E-state index in [1.807, 2.05) is 4.72 Å². The van der Waals surface area contributed by atoms with Crippen molar-refractivity contribution in [3.63, 3.8) is 0 Å². The van der Waals surface area contributed by atoms with Gasteiger partial charge in [0.05, 0.1) is 7.11 Å². The Morgan fingerprint density at radius 2 is 1.81 bits per heavy atom. The summed E-state index contributed by atoms with van der Waals surface area (Å²) in [5.74, 6) is -0.949. The summed E-state index contributed by atoms with van der Waals surface area (Å²) in [6, 6.07) is 4.30. The lowest BCUT2D eigenvalue weighted by molar-refractivity contribution is -0.142. The molecule has 0 amide bonds. The second-order valence-corrected chi connectivity index (χ2v) is 6.36. The number of ether oxygens (including phenoxy) is 1. The van der Waals surface area contributed by atoms with Gasteiger partial charge in [-0.1, -0.05) is 12.1 Å². The number of benzene rings is 1. The van der Waals surface area contributed by atoms with Crippen LogP contribution in [-0.4, -0.2) is 56.2 Å². The smallest absolute Gasteiger partial charge is 0.324 e. The SMILES string of the molecule is COc1ccc(C(O)C(NS(=O)(=O)N(C)C)C(=O)O)cc1. The van der Waals surface area contributed by atoms with Gasteiger partial charge in [-0.25, -0.2) is 0 Å². The second kappa shape index (κ2) is 6.85. The summed E-state index contributed by atoms with van der Waals surface area (Å²) in [7, 11) is -0.0195. The number of nitrogens with one attached hydrogen (secondary N) is 1. The number of hydrogen-bond donors (Lipinski definition) is 3. The van der Waals surface area contributed by atoms with Gasteiger partial charge in [0.25, 0.3) is 10.2 Å². The highest BCUT2D eigenvalue weighted by Gasteiger charge is 2.32. The first-order valence-electron chi connectivity index (χ1n) is 5.93. The Labute approximate surface area is 123 Å². The maximum Gasteiger partial charge on any atom is 0.324 e. The molecule has 0 fully saturated rings. The first-order chi connectivity index (χ1) is 9.69. The predicted molar refractivity (Wildman–Crippen MR) is 75.1 cm³/mol. The zero-order valence-electron chi connectivity index (χ0n) is 11.8. The van der Waals surface area contributed by atoms with Gasteiger partial charge >= 0.3 is 5.97 Å². The Morgan fingerprint density at radius 1 is 1.29 bits per heavy atom. The van der Waals surface area contributed by atoms with E-state index in [9.17, 15) is 18.3 Å². The van der Waals surface area contributed by atoms with Crippen LogP contribution in [0.4, 0.5) is 0 Å². The molecule has 0 aliphatic carbocycles. The summed E-state index contributed by atoms with van der Waals surface area (Å²) < 4.78 is 31.1. The largest absolute Gasteiger partial charge is 0.497 e. The summed E-state index contributed by atoms with van der Waals surface area (Å²) in [6.07, 6.45) is -1.54. The van der Waals surface area contributed by atoms with Crippen LogP contribution < -0.4 is 9.46 Å². The summed E-state index contributed by atoms with van der Waals surface area (Å²) in [4.78, 5) is 11.2. The number of aliphatic hydroxyl groups is 1. The average Bonchev–Trinajstić information content (AvgIpc) is 2.43. The normalized spacial score (nSPS) is 14.7. The number of carbonyl (C=O) groups is 1. The van der Waals surface area contributed by atoms with Crippen LogP contribution in [0.5, 0.6) is 5.75 Å². The van der Waals surface area contributed by atoms with Gasteiger partial charge in [-0.3, -0.25) is 4.79 Å². The van der Waals surface area contributed by atoms with E-state index < -0.39 is 28.3 Å². The summed E-state index contributed by atoms with van der Waals surface area (Å²) in [6.45, 7) is 0. The zero-order chi connectivity index (χ0) is 16.2. The van der Waals surface area contributed by atoms with Gasteiger partial charge in [0, 0.05) is 14.1 Å². The molecule has 8 nitrogen and oxygen atoms in total. The molecular formula is C12H18N2O6S. The number of nitrogens with zero attached hydrogens (tertiary/aromatic N) is 1. The van der Waals surface area contributed by atoms with Crippen LogP contribution in [0.1, 0.15) is 11.7 Å². The Morgan fingerprint density at radius 3 is 2.19 bits per heavy atom. The maximum absolute atomic E-state index is 11.7. The van der Waals surface area contributed by atoms with E-state index in [0.29, 0.717) is 5.75 Å². The van der Waals surface area contributed by atoms with Gasteiger partial charge in [0.1, 0.15) is 11.9 Å². The number of rotatable bonds is 7. The van der Waals surface area contributed by atoms with Crippen LogP contribution >= 0.6 is 0 Å². The van der Waals surface area contributed by atoms with Crippen molar-refractivity contribution >= 4 is 16.2 Å². The number of hydrogen-bond acceptors (Lipinski definition) is 5. The first-order valence-corrected chi connectivity index (χ1v) is 7.37. The minimum Gasteiger partial charge on any atom is -0.497 e. The fourth-order valence-electron chi connectivity index (χ4n) is 1.51. The van der Waals surface area contributed by atoms with Crippen LogP contribution in [0.25, 0.3) is 0 Å². The molecule has 0 radical (unpaired) electrons. The third-order valence-corrected chi connectivity index (χ3v) is 4.31. The van der Waals surface area contributed by atoms with Crippen molar-refractivity contribution in [3.05, 3.63) is 29.8 Å². The highest BCUT2D eigenvalue weighted by Crippen LogP contribution is 2.21. The van der Waals surface area contributed by atoms with Crippen LogP contribution in [0, 0.1) is 0 Å². The number of aliphatic carboxylic acids is 1. The molecule has 0 saturated heterocycles. The molecule has 0 heterocycles. The minimum atomic E-state index is -3.99. The van der Waals surface area contributed by atoms with Crippen molar-refractivity contribution < 1.29 is 28.2 Å². The lowest BCUT2D eigenvalue weighted by atomic mass is 10.0. The van der Waals surface area contributed by atoms with Crippen molar-refractivity contribution in [1.29, 1.82) is 0 Å². The van der Waals surface area contributed by atoms with Crippen molar-refractivity contribution in [2.75, 3.05) is 21.2 Å². The molecule has 2 atom stereocenters. The van der Waals surface area contributed by atoms with Gasteiger partial charge in [-0.05, 0) is 17.7 Å². The molecule has 1 rings (SSSR count). The third kappa shape index (κ3) is 4.39. The van der Waals surface area contributed by atoms with E-state index in [4.69, 9.17) is 9.84 Å². The molecular weight excluding hydrogens is 300 g/mol. The van der Waals surface area contributed by atoms with E-state index in [0.717, 1.165) is 4.31 Å². The average molecular weight is 318 g/mol. The molecule has 1 aromatic rings. The van der Waals surface area contributed by atoms with E-state index in [1.54, 1.807) is 0 Å². The highest BCUT2D eigenvalue weighted by atomic mass is 32.2. The molecule has 1 aromatic carbocycles. The van der Waals surface area contributed by atoms with E-state index >= 15 is 0 Å². The summed E-state index contributed by atoms with van der Waals surface area (Å²) in [5, 5.41) is 19.2. The Hall–Kier alpha value is -1.68. The minimum absolute atomic E-state index is 0.254. The molecule has 21 heavy (non-hydrogen) atoms. The first kappa shape index (κ1) is 17.4. The van der Waals surface area contributed by atoms with Gasteiger partial charge in [-0.2, -0.15) is 17.4 Å². The molecule has 9 heteroatoms.